The van der Waals surface area contributed by atoms with Crippen LogP contribution in [0.3, 0.4) is 0 Å². The summed E-state index contributed by atoms with van der Waals surface area (Å²) in [4.78, 5) is 0. The highest BCUT2D eigenvalue weighted by Gasteiger charge is 2.32. The van der Waals surface area contributed by atoms with Gasteiger partial charge < -0.3 is 15.2 Å². The maximum Gasteiger partial charge on any atom is 0.0720 e. The fraction of sp³-hybridized carbons (Fsp3) is 0.667. The molecule has 1 aromatic rings. The zero-order chi connectivity index (χ0) is 15.1. The summed E-state index contributed by atoms with van der Waals surface area (Å²) in [5.41, 5.74) is 1.36. The maximum absolute atomic E-state index is 8.97. The van der Waals surface area contributed by atoms with Gasteiger partial charge in [0.05, 0.1) is 19.3 Å². The second-order valence-corrected chi connectivity index (χ2v) is 6.64. The van der Waals surface area contributed by atoms with Crippen LogP contribution in [0, 0.1) is 5.92 Å². The van der Waals surface area contributed by atoms with Crippen LogP contribution in [0.15, 0.2) is 30.3 Å². The van der Waals surface area contributed by atoms with Gasteiger partial charge in [0, 0.05) is 12.1 Å². The first kappa shape index (κ1) is 16.5. The van der Waals surface area contributed by atoms with E-state index in [0.717, 1.165) is 19.4 Å². The van der Waals surface area contributed by atoms with E-state index >= 15 is 0 Å². The standard InChI is InChI=1S/C18H29NO2/c1-18(2,19-12-13-20)16-8-10-17(11-9-16)21-14-15-6-4-3-5-7-15/h3-7,16-17,19-20H,8-14H2,1-2H3. The molecule has 0 spiro atoms. The number of aliphatic hydroxyl groups is 1. The van der Waals surface area contributed by atoms with Crippen LogP contribution in [0.2, 0.25) is 0 Å². The molecule has 3 heteroatoms. The Kier molecular flexibility index (Phi) is 6.22. The molecule has 0 heterocycles. The molecule has 1 aliphatic carbocycles. The molecule has 2 N–H and O–H groups in total. The topological polar surface area (TPSA) is 41.5 Å². The third kappa shape index (κ3) is 5.10. The minimum Gasteiger partial charge on any atom is -0.395 e. The Morgan fingerprint density at radius 3 is 2.43 bits per heavy atom. The molecule has 0 aromatic heterocycles. The molecular formula is C18H29NO2. The Balaban J connectivity index is 1.73. The predicted molar refractivity (Wildman–Crippen MR) is 86.1 cm³/mol. The highest BCUT2D eigenvalue weighted by atomic mass is 16.5. The Bertz CT molecular complexity index is 397. The molecule has 21 heavy (non-hydrogen) atoms. The molecule has 0 saturated heterocycles. The highest BCUT2D eigenvalue weighted by Crippen LogP contribution is 2.34. The molecular weight excluding hydrogens is 262 g/mol. The lowest BCUT2D eigenvalue weighted by Gasteiger charge is -2.40. The fourth-order valence-corrected chi connectivity index (χ4v) is 3.26. The van der Waals surface area contributed by atoms with Gasteiger partial charge in [-0.2, -0.15) is 0 Å². The SMILES string of the molecule is CC(C)(NCCO)C1CCC(OCc2ccccc2)CC1. The number of ether oxygens (including phenoxy) is 1. The number of rotatable bonds is 7. The lowest BCUT2D eigenvalue weighted by atomic mass is 9.76. The van der Waals surface area contributed by atoms with E-state index in [2.05, 4.69) is 43.4 Å². The Labute approximate surface area is 128 Å². The van der Waals surface area contributed by atoms with E-state index in [-0.39, 0.29) is 12.1 Å². The quantitative estimate of drug-likeness (QED) is 0.811. The van der Waals surface area contributed by atoms with E-state index in [1.54, 1.807) is 0 Å². The Morgan fingerprint density at radius 1 is 1.14 bits per heavy atom. The van der Waals surface area contributed by atoms with Crippen LogP contribution in [-0.2, 0) is 11.3 Å². The van der Waals surface area contributed by atoms with Gasteiger partial charge in [-0.05, 0) is 51.0 Å². The van der Waals surface area contributed by atoms with Crippen LogP contribution >= 0.6 is 0 Å². The van der Waals surface area contributed by atoms with E-state index in [1.807, 2.05) is 6.07 Å². The molecule has 1 aromatic carbocycles. The van der Waals surface area contributed by atoms with Crippen molar-refractivity contribution in [2.45, 2.75) is 57.8 Å². The average molecular weight is 291 g/mol. The molecule has 0 radical (unpaired) electrons. The molecule has 0 amide bonds. The first-order valence-corrected chi connectivity index (χ1v) is 8.13. The van der Waals surface area contributed by atoms with Crippen LogP contribution in [0.5, 0.6) is 0 Å². The first-order chi connectivity index (χ1) is 10.1. The van der Waals surface area contributed by atoms with Crippen LogP contribution in [0.4, 0.5) is 0 Å². The van der Waals surface area contributed by atoms with Crippen molar-refractivity contribution in [2.24, 2.45) is 5.92 Å². The lowest BCUT2D eigenvalue weighted by Crippen LogP contribution is -2.48. The van der Waals surface area contributed by atoms with Crippen LogP contribution in [0.25, 0.3) is 0 Å². The van der Waals surface area contributed by atoms with Crippen molar-refractivity contribution in [3.8, 4) is 0 Å². The van der Waals surface area contributed by atoms with Crippen molar-refractivity contribution in [2.75, 3.05) is 13.2 Å². The van der Waals surface area contributed by atoms with E-state index in [4.69, 9.17) is 9.84 Å². The van der Waals surface area contributed by atoms with E-state index in [0.29, 0.717) is 18.6 Å². The number of hydrogen-bond donors (Lipinski definition) is 2. The number of nitrogens with one attached hydrogen (secondary N) is 1. The monoisotopic (exact) mass is 291 g/mol. The number of benzene rings is 1. The van der Waals surface area contributed by atoms with Gasteiger partial charge in [0.2, 0.25) is 0 Å². The summed E-state index contributed by atoms with van der Waals surface area (Å²) in [6.45, 7) is 6.11. The largest absolute Gasteiger partial charge is 0.395 e. The van der Waals surface area contributed by atoms with E-state index in [1.165, 1.54) is 18.4 Å². The second kappa shape index (κ2) is 7.92. The summed E-state index contributed by atoms with van der Waals surface area (Å²) in [7, 11) is 0. The summed E-state index contributed by atoms with van der Waals surface area (Å²) in [6, 6.07) is 10.4. The van der Waals surface area contributed by atoms with Crippen molar-refractivity contribution in [3.63, 3.8) is 0 Å². The minimum absolute atomic E-state index is 0.104. The summed E-state index contributed by atoms with van der Waals surface area (Å²) in [6.07, 6.45) is 5.08. The zero-order valence-electron chi connectivity index (χ0n) is 13.3. The average Bonchev–Trinajstić information content (AvgIpc) is 2.52. The molecule has 2 rings (SSSR count). The van der Waals surface area contributed by atoms with Gasteiger partial charge in [-0.3, -0.25) is 0 Å². The Hall–Kier alpha value is -0.900. The van der Waals surface area contributed by atoms with Gasteiger partial charge in [-0.1, -0.05) is 30.3 Å². The maximum atomic E-state index is 8.97. The third-order valence-corrected chi connectivity index (χ3v) is 4.72. The summed E-state index contributed by atoms with van der Waals surface area (Å²) in [5.74, 6) is 0.667. The van der Waals surface area contributed by atoms with Crippen molar-refractivity contribution >= 4 is 0 Å². The number of hydrogen-bond acceptors (Lipinski definition) is 3. The molecule has 0 atom stereocenters. The van der Waals surface area contributed by atoms with Gasteiger partial charge in [0.15, 0.2) is 0 Å². The second-order valence-electron chi connectivity index (χ2n) is 6.64. The molecule has 3 nitrogen and oxygen atoms in total. The normalized spacial score (nSPS) is 23.2. The Morgan fingerprint density at radius 2 is 1.81 bits per heavy atom. The van der Waals surface area contributed by atoms with Crippen molar-refractivity contribution < 1.29 is 9.84 Å². The van der Waals surface area contributed by atoms with Gasteiger partial charge in [0.25, 0.3) is 0 Å². The lowest BCUT2D eigenvalue weighted by molar-refractivity contribution is -0.00265. The summed E-state index contributed by atoms with van der Waals surface area (Å²) in [5, 5.41) is 12.4. The molecule has 118 valence electrons. The molecule has 1 aliphatic rings. The van der Waals surface area contributed by atoms with Crippen LogP contribution < -0.4 is 5.32 Å². The van der Waals surface area contributed by atoms with Crippen LogP contribution in [0.1, 0.15) is 45.1 Å². The molecule has 0 aliphatic heterocycles. The van der Waals surface area contributed by atoms with Gasteiger partial charge in [-0.25, -0.2) is 0 Å². The smallest absolute Gasteiger partial charge is 0.0720 e. The fourth-order valence-electron chi connectivity index (χ4n) is 3.26. The van der Waals surface area contributed by atoms with Crippen molar-refractivity contribution in [1.82, 2.24) is 5.32 Å². The summed E-state index contributed by atoms with van der Waals surface area (Å²) < 4.78 is 6.05. The van der Waals surface area contributed by atoms with Crippen LogP contribution in [-0.4, -0.2) is 29.9 Å². The van der Waals surface area contributed by atoms with E-state index in [9.17, 15) is 0 Å². The van der Waals surface area contributed by atoms with Gasteiger partial charge in [-0.15, -0.1) is 0 Å². The molecule has 0 unspecified atom stereocenters. The molecule has 0 bridgehead atoms. The van der Waals surface area contributed by atoms with Gasteiger partial charge >= 0.3 is 0 Å². The molecule has 1 fully saturated rings. The molecule has 1 saturated carbocycles. The first-order valence-electron chi connectivity index (χ1n) is 8.13. The minimum atomic E-state index is 0.104. The van der Waals surface area contributed by atoms with E-state index < -0.39 is 0 Å². The van der Waals surface area contributed by atoms with Crippen molar-refractivity contribution in [3.05, 3.63) is 35.9 Å². The number of β-amino-alcohol motifs (C(OH)–C–C–N with tert-alkyl or cyclic N) is 1. The summed E-state index contributed by atoms with van der Waals surface area (Å²) >= 11 is 0. The third-order valence-electron chi connectivity index (χ3n) is 4.72. The highest BCUT2D eigenvalue weighted by molar-refractivity contribution is 5.13. The predicted octanol–water partition coefficient (Wildman–Crippen LogP) is 3.12. The van der Waals surface area contributed by atoms with Crippen molar-refractivity contribution in [1.29, 1.82) is 0 Å². The zero-order valence-corrected chi connectivity index (χ0v) is 13.3. The number of aliphatic hydroxyl groups excluding tert-OH is 1. The van der Waals surface area contributed by atoms with Gasteiger partial charge in [0.1, 0.15) is 0 Å².